The molecule has 8 nitrogen and oxygen atoms in total. The average Bonchev–Trinajstić information content (AvgIpc) is 3.01. The molecule has 2 atom stereocenters. The molecule has 2 fully saturated rings. The van der Waals surface area contributed by atoms with Gasteiger partial charge < -0.3 is 15.4 Å². The highest BCUT2D eigenvalue weighted by atomic mass is 32.2. The molecule has 9 heteroatoms. The molecule has 1 aliphatic heterocycles. The number of carbonyl (C=O) groups is 1. The Morgan fingerprint density at radius 3 is 2.81 bits per heavy atom. The summed E-state index contributed by atoms with van der Waals surface area (Å²) in [5.41, 5.74) is 4.61. The van der Waals surface area contributed by atoms with E-state index in [1.807, 2.05) is 0 Å². The van der Waals surface area contributed by atoms with Crippen molar-refractivity contribution in [3.63, 3.8) is 0 Å². The van der Waals surface area contributed by atoms with Crippen LogP contribution < -0.4 is 5.73 Å². The van der Waals surface area contributed by atoms with E-state index in [2.05, 4.69) is 5.16 Å². The van der Waals surface area contributed by atoms with Gasteiger partial charge in [0.2, 0.25) is 10.0 Å². The highest BCUT2D eigenvalue weighted by Crippen LogP contribution is 2.50. The van der Waals surface area contributed by atoms with Gasteiger partial charge in [0.25, 0.3) is 0 Å². The van der Waals surface area contributed by atoms with Gasteiger partial charge in [-0.2, -0.15) is 4.31 Å². The van der Waals surface area contributed by atoms with E-state index in [1.165, 1.54) is 11.2 Å². The van der Waals surface area contributed by atoms with Crippen molar-refractivity contribution in [3.05, 3.63) is 5.76 Å². The summed E-state index contributed by atoms with van der Waals surface area (Å²) in [6.45, 7) is 1.66. The molecule has 1 saturated carbocycles. The lowest BCUT2D eigenvalue weighted by atomic mass is 9.81. The Morgan fingerprint density at radius 1 is 1.57 bits per heavy atom. The molecule has 0 aromatic carbocycles. The molecule has 0 spiro atoms. The van der Waals surface area contributed by atoms with Gasteiger partial charge in [0, 0.05) is 13.1 Å². The van der Waals surface area contributed by atoms with E-state index >= 15 is 0 Å². The molecule has 1 saturated heterocycles. The van der Waals surface area contributed by atoms with Crippen LogP contribution in [-0.2, 0) is 14.8 Å². The summed E-state index contributed by atoms with van der Waals surface area (Å²) in [5, 5.41) is 13.0. The zero-order valence-electron chi connectivity index (χ0n) is 11.6. The number of hydrogen-bond donors (Lipinski definition) is 2. The molecule has 0 amide bonds. The number of nitrogens with two attached hydrogens (primary N) is 1. The molecule has 0 bridgehead atoms. The van der Waals surface area contributed by atoms with Crippen LogP contribution in [0.25, 0.3) is 0 Å². The number of aryl methyl sites for hydroxylation is 1. The number of anilines is 1. The maximum Gasteiger partial charge on any atom is 0.311 e. The third-order valence-electron chi connectivity index (χ3n) is 4.70. The summed E-state index contributed by atoms with van der Waals surface area (Å²) in [6.07, 6.45) is 2.06. The van der Waals surface area contributed by atoms with E-state index in [1.54, 1.807) is 0 Å². The van der Waals surface area contributed by atoms with Crippen molar-refractivity contribution >= 4 is 21.8 Å². The van der Waals surface area contributed by atoms with E-state index in [0.717, 1.165) is 12.8 Å². The standard InChI is InChI=1S/C12H17N3O5S/c1-7-9(10(13)14-20-7)21(18,19)15-5-8-3-2-4-12(8,6-15)11(16)17/h8H,2-6H2,1H3,(H2,13,14)(H,16,17)/t8-,12+/m0/s1. The molecular formula is C12H17N3O5S. The maximum absolute atomic E-state index is 12.7. The molecule has 3 rings (SSSR count). The second kappa shape index (κ2) is 4.44. The van der Waals surface area contributed by atoms with Gasteiger partial charge in [-0.05, 0) is 25.7 Å². The minimum atomic E-state index is -3.88. The zero-order chi connectivity index (χ0) is 15.4. The van der Waals surface area contributed by atoms with Crippen molar-refractivity contribution < 1.29 is 22.8 Å². The number of fused-ring (bicyclic) bond motifs is 1. The number of hydrogen-bond acceptors (Lipinski definition) is 6. The van der Waals surface area contributed by atoms with Gasteiger partial charge in [-0.15, -0.1) is 0 Å². The predicted molar refractivity (Wildman–Crippen MR) is 71.8 cm³/mol. The predicted octanol–water partition coefficient (Wildman–Crippen LogP) is 0.441. The molecule has 0 unspecified atom stereocenters. The summed E-state index contributed by atoms with van der Waals surface area (Å²) in [4.78, 5) is 11.5. The molecule has 116 valence electrons. The number of aromatic nitrogens is 1. The first kappa shape index (κ1) is 14.3. The van der Waals surface area contributed by atoms with E-state index in [0.29, 0.717) is 6.42 Å². The number of carboxylic acid groups (broad SMARTS) is 1. The number of sulfonamides is 1. The van der Waals surface area contributed by atoms with Crippen molar-refractivity contribution in [3.8, 4) is 0 Å². The minimum Gasteiger partial charge on any atom is -0.481 e. The van der Waals surface area contributed by atoms with Crippen molar-refractivity contribution in [2.45, 2.75) is 31.1 Å². The summed E-state index contributed by atoms with van der Waals surface area (Å²) >= 11 is 0. The molecular weight excluding hydrogens is 298 g/mol. The maximum atomic E-state index is 12.7. The third-order valence-corrected chi connectivity index (χ3v) is 6.67. The number of nitrogen functional groups attached to an aromatic ring is 1. The van der Waals surface area contributed by atoms with Crippen LogP contribution in [0.15, 0.2) is 9.42 Å². The Kier molecular flexibility index (Phi) is 3.03. The third kappa shape index (κ3) is 1.87. The Morgan fingerprint density at radius 2 is 2.29 bits per heavy atom. The summed E-state index contributed by atoms with van der Waals surface area (Å²) in [7, 11) is -3.88. The zero-order valence-corrected chi connectivity index (χ0v) is 12.4. The lowest BCUT2D eigenvalue weighted by Crippen LogP contribution is -2.37. The number of nitrogens with zero attached hydrogens (tertiary/aromatic N) is 2. The van der Waals surface area contributed by atoms with Gasteiger partial charge in [-0.1, -0.05) is 11.6 Å². The van der Waals surface area contributed by atoms with Crippen LogP contribution in [0.1, 0.15) is 25.0 Å². The van der Waals surface area contributed by atoms with E-state index in [9.17, 15) is 18.3 Å². The number of carboxylic acids is 1. The number of rotatable bonds is 3. The molecule has 0 radical (unpaired) electrons. The molecule has 3 N–H and O–H groups in total. The normalized spacial score (nSPS) is 29.7. The highest BCUT2D eigenvalue weighted by Gasteiger charge is 2.57. The Hall–Kier alpha value is -1.61. The van der Waals surface area contributed by atoms with Crippen LogP contribution in [0, 0.1) is 18.3 Å². The largest absolute Gasteiger partial charge is 0.481 e. The van der Waals surface area contributed by atoms with Crippen LogP contribution in [0.4, 0.5) is 5.82 Å². The monoisotopic (exact) mass is 315 g/mol. The fraction of sp³-hybridized carbons (Fsp3) is 0.667. The van der Waals surface area contributed by atoms with Crippen molar-refractivity contribution in [1.82, 2.24) is 9.46 Å². The lowest BCUT2D eigenvalue weighted by molar-refractivity contribution is -0.149. The van der Waals surface area contributed by atoms with Crippen molar-refractivity contribution in [1.29, 1.82) is 0 Å². The first-order chi connectivity index (χ1) is 9.79. The van der Waals surface area contributed by atoms with Crippen LogP contribution in [0.3, 0.4) is 0 Å². The second-order valence-corrected chi connectivity index (χ2v) is 7.68. The quantitative estimate of drug-likeness (QED) is 0.828. The highest BCUT2D eigenvalue weighted by molar-refractivity contribution is 7.89. The van der Waals surface area contributed by atoms with E-state index in [-0.39, 0.29) is 35.5 Å². The topological polar surface area (TPSA) is 127 Å². The molecule has 1 aliphatic carbocycles. The van der Waals surface area contributed by atoms with Crippen LogP contribution in [0.5, 0.6) is 0 Å². The van der Waals surface area contributed by atoms with E-state index < -0.39 is 21.4 Å². The SMILES string of the molecule is Cc1onc(N)c1S(=O)(=O)N1C[C@@H]2CCC[C@@]2(C(=O)O)C1. The van der Waals surface area contributed by atoms with Gasteiger partial charge in [-0.3, -0.25) is 4.79 Å². The second-order valence-electron chi connectivity index (χ2n) is 5.80. The Bertz CT molecular complexity index is 678. The fourth-order valence-corrected chi connectivity index (χ4v) is 5.34. The molecule has 2 heterocycles. The van der Waals surface area contributed by atoms with Crippen LogP contribution in [0.2, 0.25) is 0 Å². The Labute approximate surface area is 121 Å². The summed E-state index contributed by atoms with van der Waals surface area (Å²) < 4.78 is 31.4. The van der Waals surface area contributed by atoms with Crippen LogP contribution in [-0.4, -0.2) is 42.0 Å². The molecule has 1 aromatic heterocycles. The average molecular weight is 315 g/mol. The van der Waals surface area contributed by atoms with Gasteiger partial charge in [0.15, 0.2) is 16.5 Å². The first-order valence-electron chi connectivity index (χ1n) is 6.74. The van der Waals surface area contributed by atoms with Gasteiger partial charge in [-0.25, -0.2) is 8.42 Å². The van der Waals surface area contributed by atoms with Gasteiger partial charge in [0.05, 0.1) is 5.41 Å². The van der Waals surface area contributed by atoms with E-state index in [4.69, 9.17) is 10.3 Å². The molecule has 21 heavy (non-hydrogen) atoms. The molecule has 1 aromatic rings. The molecule has 2 aliphatic rings. The lowest BCUT2D eigenvalue weighted by Gasteiger charge is -2.23. The van der Waals surface area contributed by atoms with Gasteiger partial charge >= 0.3 is 5.97 Å². The van der Waals surface area contributed by atoms with Gasteiger partial charge in [0.1, 0.15) is 0 Å². The number of aliphatic carboxylic acids is 1. The minimum absolute atomic E-state index is 0.0145. The smallest absolute Gasteiger partial charge is 0.311 e. The fourth-order valence-electron chi connectivity index (χ4n) is 3.60. The Balaban J connectivity index is 1.98. The van der Waals surface area contributed by atoms with Crippen LogP contribution >= 0.6 is 0 Å². The summed E-state index contributed by atoms with van der Waals surface area (Å²) in [5.74, 6) is -1.13. The first-order valence-corrected chi connectivity index (χ1v) is 8.18. The van der Waals surface area contributed by atoms with Crippen molar-refractivity contribution in [2.75, 3.05) is 18.8 Å². The summed E-state index contributed by atoms with van der Waals surface area (Å²) in [6, 6.07) is 0. The van der Waals surface area contributed by atoms with Crippen molar-refractivity contribution in [2.24, 2.45) is 11.3 Å².